The monoisotopic (exact) mass is 311 g/mol. The molecule has 0 spiro atoms. The summed E-state index contributed by atoms with van der Waals surface area (Å²) in [5.41, 5.74) is 4.92. The van der Waals surface area contributed by atoms with Crippen molar-refractivity contribution in [1.29, 1.82) is 0 Å². The maximum absolute atomic E-state index is 11.7. The molecule has 2 nitrogen and oxygen atoms in total. The first-order valence-electron chi connectivity index (χ1n) is 8.41. The normalized spacial score (nSPS) is 11.0. The Labute approximate surface area is 141 Å². The highest BCUT2D eigenvalue weighted by molar-refractivity contribution is 5.77. The zero-order valence-electron chi connectivity index (χ0n) is 14.6. The highest BCUT2D eigenvalue weighted by Crippen LogP contribution is 2.22. The number of carbonyl (C=O) groups is 1. The largest absolute Gasteiger partial charge is 0.352 e. The molecule has 0 saturated heterocycles. The first kappa shape index (κ1) is 17.3. The summed E-state index contributed by atoms with van der Waals surface area (Å²) in [5, 5.41) is 2.97. The molecule has 0 aliphatic heterocycles. The van der Waals surface area contributed by atoms with Gasteiger partial charge in [-0.05, 0) is 40.7 Å². The van der Waals surface area contributed by atoms with Gasteiger partial charge in [0.1, 0.15) is 0 Å². The standard InChI is InChI=1S/C21H27NO.H2/c1-15(2)12-17-8-10-19(11-9-17)20-7-5-6-18(13-20)14-22-21(23)16(3)4;/h5-11,13,15-16H,12,14H2,1-4H3,(H,22,23);1H. The molecule has 1 N–H and O–H groups in total. The number of carbonyl (C=O) groups excluding carboxylic acids is 1. The smallest absolute Gasteiger partial charge is 0.222 e. The van der Waals surface area contributed by atoms with Crippen LogP contribution in [0.2, 0.25) is 0 Å². The van der Waals surface area contributed by atoms with Gasteiger partial charge in [-0.1, -0.05) is 70.2 Å². The molecule has 2 rings (SSSR count). The molecule has 0 fully saturated rings. The van der Waals surface area contributed by atoms with Crippen LogP contribution in [0, 0.1) is 11.8 Å². The molecule has 2 heteroatoms. The molecule has 2 aromatic rings. The average Bonchev–Trinajstić information content (AvgIpc) is 2.53. The van der Waals surface area contributed by atoms with E-state index in [1.807, 2.05) is 19.9 Å². The van der Waals surface area contributed by atoms with Gasteiger partial charge >= 0.3 is 0 Å². The lowest BCUT2D eigenvalue weighted by molar-refractivity contribution is -0.124. The molecule has 0 aromatic heterocycles. The molecule has 1 amide bonds. The van der Waals surface area contributed by atoms with E-state index in [1.165, 1.54) is 16.7 Å². The van der Waals surface area contributed by atoms with Crippen molar-refractivity contribution in [2.45, 2.75) is 40.7 Å². The summed E-state index contributed by atoms with van der Waals surface area (Å²) in [6.07, 6.45) is 1.11. The summed E-state index contributed by atoms with van der Waals surface area (Å²) in [7, 11) is 0. The quantitative estimate of drug-likeness (QED) is 0.793. The van der Waals surface area contributed by atoms with Crippen molar-refractivity contribution < 1.29 is 6.22 Å². The second-order valence-corrected chi connectivity index (χ2v) is 6.87. The summed E-state index contributed by atoms with van der Waals surface area (Å²) < 4.78 is 0. The Kier molecular flexibility index (Phi) is 5.97. The molecular formula is C21H29NO. The van der Waals surface area contributed by atoms with Crippen molar-refractivity contribution in [1.82, 2.24) is 5.32 Å². The predicted molar refractivity (Wildman–Crippen MR) is 99.2 cm³/mol. The predicted octanol–water partition coefficient (Wildman–Crippen LogP) is 5.07. The fraction of sp³-hybridized carbons (Fsp3) is 0.381. The molecule has 0 atom stereocenters. The van der Waals surface area contributed by atoms with Crippen LogP contribution in [-0.4, -0.2) is 5.91 Å². The van der Waals surface area contributed by atoms with Crippen LogP contribution in [0.15, 0.2) is 48.5 Å². The summed E-state index contributed by atoms with van der Waals surface area (Å²) >= 11 is 0. The van der Waals surface area contributed by atoms with E-state index in [4.69, 9.17) is 0 Å². The lowest BCUT2D eigenvalue weighted by Crippen LogP contribution is -2.27. The van der Waals surface area contributed by atoms with E-state index in [9.17, 15) is 4.79 Å². The van der Waals surface area contributed by atoms with Crippen LogP contribution in [0.4, 0.5) is 0 Å². The molecule has 23 heavy (non-hydrogen) atoms. The van der Waals surface area contributed by atoms with E-state index in [1.54, 1.807) is 0 Å². The lowest BCUT2D eigenvalue weighted by atomic mass is 9.98. The number of hydrogen-bond donors (Lipinski definition) is 1. The van der Waals surface area contributed by atoms with Gasteiger partial charge in [-0.2, -0.15) is 0 Å². The van der Waals surface area contributed by atoms with Gasteiger partial charge in [0, 0.05) is 13.9 Å². The molecule has 0 unspecified atom stereocenters. The topological polar surface area (TPSA) is 29.1 Å². The third-order valence-electron chi connectivity index (χ3n) is 3.85. The van der Waals surface area contributed by atoms with Gasteiger partial charge in [0.05, 0.1) is 0 Å². The molecule has 0 aliphatic carbocycles. The summed E-state index contributed by atoms with van der Waals surface area (Å²) in [6, 6.07) is 17.2. The van der Waals surface area contributed by atoms with Crippen LogP contribution < -0.4 is 5.32 Å². The van der Waals surface area contributed by atoms with Crippen molar-refractivity contribution in [2.24, 2.45) is 11.8 Å². The van der Waals surface area contributed by atoms with Gasteiger partial charge in [0.2, 0.25) is 5.91 Å². The maximum Gasteiger partial charge on any atom is 0.222 e. The van der Waals surface area contributed by atoms with Crippen molar-refractivity contribution in [3.05, 3.63) is 59.7 Å². The van der Waals surface area contributed by atoms with Gasteiger partial charge < -0.3 is 5.32 Å². The van der Waals surface area contributed by atoms with Gasteiger partial charge in [-0.15, -0.1) is 0 Å². The fourth-order valence-electron chi connectivity index (χ4n) is 2.56. The van der Waals surface area contributed by atoms with Gasteiger partial charge in [0.25, 0.3) is 0 Å². The second-order valence-electron chi connectivity index (χ2n) is 6.87. The summed E-state index contributed by atoms with van der Waals surface area (Å²) in [5.74, 6) is 0.786. The fourth-order valence-corrected chi connectivity index (χ4v) is 2.56. The van der Waals surface area contributed by atoms with E-state index in [0.717, 1.165) is 12.0 Å². The van der Waals surface area contributed by atoms with Gasteiger partial charge in [0.15, 0.2) is 0 Å². The number of benzene rings is 2. The highest BCUT2D eigenvalue weighted by atomic mass is 16.1. The molecule has 0 saturated carbocycles. The minimum atomic E-state index is 0. The van der Waals surface area contributed by atoms with Gasteiger partial charge in [-0.25, -0.2) is 0 Å². The van der Waals surface area contributed by atoms with E-state index >= 15 is 0 Å². The van der Waals surface area contributed by atoms with Crippen LogP contribution in [0.5, 0.6) is 0 Å². The van der Waals surface area contributed by atoms with Crippen LogP contribution in [0.3, 0.4) is 0 Å². The van der Waals surface area contributed by atoms with Crippen LogP contribution in [0.25, 0.3) is 11.1 Å². The first-order valence-corrected chi connectivity index (χ1v) is 8.41. The molecule has 2 aromatic carbocycles. The molecular weight excluding hydrogens is 282 g/mol. The zero-order chi connectivity index (χ0) is 16.8. The Balaban J connectivity index is 0.00000288. The van der Waals surface area contributed by atoms with Crippen molar-refractivity contribution in [2.75, 3.05) is 0 Å². The Bertz CT molecular complexity index is 647. The first-order chi connectivity index (χ1) is 11.0. The number of hydrogen-bond acceptors (Lipinski definition) is 1. The number of rotatable bonds is 6. The zero-order valence-corrected chi connectivity index (χ0v) is 14.6. The minimum absolute atomic E-state index is 0. The molecule has 124 valence electrons. The number of amides is 1. The minimum Gasteiger partial charge on any atom is -0.352 e. The molecule has 0 radical (unpaired) electrons. The van der Waals surface area contributed by atoms with Crippen molar-refractivity contribution in [3.63, 3.8) is 0 Å². The Hall–Kier alpha value is -2.09. The maximum atomic E-state index is 11.7. The molecule has 0 bridgehead atoms. The van der Waals surface area contributed by atoms with E-state index in [2.05, 4.69) is 61.6 Å². The lowest BCUT2D eigenvalue weighted by Gasteiger charge is -2.10. The molecule has 0 aliphatic rings. The molecule has 0 heterocycles. The number of nitrogens with one attached hydrogen (secondary N) is 1. The van der Waals surface area contributed by atoms with Gasteiger partial charge in [-0.3, -0.25) is 4.79 Å². The average molecular weight is 311 g/mol. The van der Waals surface area contributed by atoms with E-state index in [0.29, 0.717) is 12.5 Å². The Morgan fingerprint density at radius 2 is 1.65 bits per heavy atom. The second kappa shape index (κ2) is 7.96. The van der Waals surface area contributed by atoms with Crippen LogP contribution >= 0.6 is 0 Å². The highest BCUT2D eigenvalue weighted by Gasteiger charge is 2.06. The van der Waals surface area contributed by atoms with E-state index < -0.39 is 0 Å². The Morgan fingerprint density at radius 1 is 0.957 bits per heavy atom. The summed E-state index contributed by atoms with van der Waals surface area (Å²) in [4.78, 5) is 11.7. The SMILES string of the molecule is CC(C)Cc1ccc(-c2cccc(CNC(=O)C(C)C)c2)cc1.[HH]. The van der Waals surface area contributed by atoms with Crippen LogP contribution in [0.1, 0.15) is 40.2 Å². The Morgan fingerprint density at radius 3 is 2.26 bits per heavy atom. The van der Waals surface area contributed by atoms with Crippen molar-refractivity contribution >= 4 is 5.91 Å². The third kappa shape index (κ3) is 5.24. The summed E-state index contributed by atoms with van der Waals surface area (Å²) in [6.45, 7) is 8.87. The van der Waals surface area contributed by atoms with E-state index in [-0.39, 0.29) is 13.3 Å². The van der Waals surface area contributed by atoms with Crippen LogP contribution in [-0.2, 0) is 17.8 Å². The third-order valence-corrected chi connectivity index (χ3v) is 3.85. The van der Waals surface area contributed by atoms with Crippen molar-refractivity contribution in [3.8, 4) is 11.1 Å².